The number of nitrogens with two attached hydrogens (primary N) is 1. The zero-order valence-corrected chi connectivity index (χ0v) is 12.5. The van der Waals surface area contributed by atoms with Gasteiger partial charge in [-0.05, 0) is 23.6 Å². The Morgan fingerprint density at radius 1 is 1.00 bits per heavy atom. The fourth-order valence-electron chi connectivity index (χ4n) is 2.70. The third-order valence-corrected chi connectivity index (χ3v) is 4.02. The average Bonchev–Trinajstić information content (AvgIpc) is 2.51. The predicted molar refractivity (Wildman–Crippen MR) is 89.4 cm³/mol. The molecular weight excluding hydrogens is 256 g/mol. The SMILES string of the molecule is C=C1c2ccccc2C(c2ccc(C(C)N)cc2)=CN1C. The molecular formula is C19H20N2. The highest BCUT2D eigenvalue weighted by molar-refractivity contribution is 5.89. The predicted octanol–water partition coefficient (Wildman–Crippen LogP) is 4.01. The van der Waals surface area contributed by atoms with Crippen molar-refractivity contribution in [3.63, 3.8) is 0 Å². The van der Waals surface area contributed by atoms with Gasteiger partial charge in [0.25, 0.3) is 0 Å². The van der Waals surface area contributed by atoms with E-state index < -0.39 is 0 Å². The Balaban J connectivity index is 2.09. The Morgan fingerprint density at radius 3 is 2.24 bits per heavy atom. The van der Waals surface area contributed by atoms with E-state index in [0.717, 1.165) is 11.3 Å². The minimum absolute atomic E-state index is 0.0640. The van der Waals surface area contributed by atoms with Crippen LogP contribution >= 0.6 is 0 Å². The number of fused-ring (bicyclic) bond motifs is 1. The van der Waals surface area contributed by atoms with Crippen molar-refractivity contribution >= 4 is 11.3 Å². The van der Waals surface area contributed by atoms with E-state index in [9.17, 15) is 0 Å². The normalized spacial score (nSPS) is 15.5. The summed E-state index contributed by atoms with van der Waals surface area (Å²) in [7, 11) is 2.04. The first kappa shape index (κ1) is 13.7. The molecule has 2 N–H and O–H groups in total. The molecule has 1 unspecified atom stereocenters. The maximum atomic E-state index is 5.92. The second kappa shape index (κ2) is 5.23. The molecule has 1 aliphatic heterocycles. The highest BCUT2D eigenvalue weighted by Gasteiger charge is 2.19. The molecule has 0 saturated carbocycles. The molecule has 1 aliphatic rings. The highest BCUT2D eigenvalue weighted by atomic mass is 15.1. The molecule has 0 fully saturated rings. The lowest BCUT2D eigenvalue weighted by Crippen LogP contribution is -2.15. The van der Waals surface area contributed by atoms with Crippen molar-refractivity contribution in [2.75, 3.05) is 7.05 Å². The van der Waals surface area contributed by atoms with Gasteiger partial charge in [-0.3, -0.25) is 0 Å². The number of benzene rings is 2. The largest absolute Gasteiger partial charge is 0.350 e. The Bertz CT molecular complexity index is 709. The Morgan fingerprint density at radius 2 is 1.62 bits per heavy atom. The second-order valence-electron chi connectivity index (χ2n) is 5.56. The number of hydrogen-bond donors (Lipinski definition) is 1. The first-order chi connectivity index (χ1) is 10.1. The molecule has 0 bridgehead atoms. The van der Waals surface area contributed by atoms with Gasteiger partial charge in [-0.25, -0.2) is 0 Å². The summed E-state index contributed by atoms with van der Waals surface area (Å²) in [6, 6.07) is 17.0. The molecule has 2 aromatic carbocycles. The van der Waals surface area contributed by atoms with Crippen LogP contribution in [0.4, 0.5) is 0 Å². The third-order valence-electron chi connectivity index (χ3n) is 4.02. The van der Waals surface area contributed by atoms with E-state index >= 15 is 0 Å². The van der Waals surface area contributed by atoms with Crippen LogP contribution in [0.15, 0.2) is 61.3 Å². The van der Waals surface area contributed by atoms with Crippen molar-refractivity contribution in [1.29, 1.82) is 0 Å². The van der Waals surface area contributed by atoms with Crippen LogP contribution in [0.5, 0.6) is 0 Å². The smallest absolute Gasteiger partial charge is 0.0410 e. The maximum Gasteiger partial charge on any atom is 0.0410 e. The van der Waals surface area contributed by atoms with Crippen molar-refractivity contribution in [3.05, 3.63) is 83.6 Å². The average molecular weight is 276 g/mol. The van der Waals surface area contributed by atoms with Gasteiger partial charge in [0.2, 0.25) is 0 Å². The molecule has 1 atom stereocenters. The van der Waals surface area contributed by atoms with Gasteiger partial charge in [0.05, 0.1) is 0 Å². The zero-order chi connectivity index (χ0) is 15.0. The van der Waals surface area contributed by atoms with Crippen LogP contribution < -0.4 is 5.73 Å². The third kappa shape index (κ3) is 2.39. The maximum absolute atomic E-state index is 5.92. The highest BCUT2D eigenvalue weighted by Crippen LogP contribution is 2.35. The van der Waals surface area contributed by atoms with Crippen molar-refractivity contribution in [1.82, 2.24) is 4.90 Å². The summed E-state index contributed by atoms with van der Waals surface area (Å²) in [6.45, 7) is 6.17. The van der Waals surface area contributed by atoms with Crippen LogP contribution in [-0.4, -0.2) is 11.9 Å². The Labute approximate surface area is 126 Å². The van der Waals surface area contributed by atoms with Crippen LogP contribution in [0.3, 0.4) is 0 Å². The minimum Gasteiger partial charge on any atom is -0.350 e. The fraction of sp³-hybridized carbons (Fsp3) is 0.158. The van der Waals surface area contributed by atoms with Gasteiger partial charge in [0.15, 0.2) is 0 Å². The van der Waals surface area contributed by atoms with Crippen molar-refractivity contribution in [2.45, 2.75) is 13.0 Å². The van der Waals surface area contributed by atoms with Gasteiger partial charge in [0.1, 0.15) is 0 Å². The molecule has 0 saturated heterocycles. The molecule has 0 amide bonds. The first-order valence-corrected chi connectivity index (χ1v) is 7.17. The molecule has 0 aromatic heterocycles. The molecule has 0 aliphatic carbocycles. The van der Waals surface area contributed by atoms with Gasteiger partial charge >= 0.3 is 0 Å². The standard InChI is InChI=1S/C19H20N2/c1-13(20)15-8-10-16(11-9-15)19-12-21(3)14(2)17-6-4-5-7-18(17)19/h4-13H,2,20H2,1,3H3. The van der Waals surface area contributed by atoms with E-state index in [0.29, 0.717) is 0 Å². The van der Waals surface area contributed by atoms with Crippen LogP contribution in [-0.2, 0) is 0 Å². The molecule has 106 valence electrons. The minimum atomic E-state index is 0.0640. The van der Waals surface area contributed by atoms with E-state index in [1.807, 2.05) is 14.0 Å². The van der Waals surface area contributed by atoms with Gasteiger partial charge in [0, 0.05) is 36.1 Å². The lowest BCUT2D eigenvalue weighted by molar-refractivity contribution is 0.653. The van der Waals surface area contributed by atoms with Crippen molar-refractivity contribution in [3.8, 4) is 0 Å². The Kier molecular flexibility index (Phi) is 3.40. The number of nitrogens with zero attached hydrogens (tertiary/aromatic N) is 1. The number of hydrogen-bond acceptors (Lipinski definition) is 2. The van der Waals surface area contributed by atoms with Crippen molar-refractivity contribution < 1.29 is 0 Å². The van der Waals surface area contributed by atoms with E-state index in [1.165, 1.54) is 22.3 Å². The quantitative estimate of drug-likeness (QED) is 0.898. The lowest BCUT2D eigenvalue weighted by atomic mass is 9.90. The van der Waals surface area contributed by atoms with Crippen molar-refractivity contribution in [2.24, 2.45) is 5.73 Å². The van der Waals surface area contributed by atoms with E-state index in [2.05, 4.69) is 66.2 Å². The monoisotopic (exact) mass is 276 g/mol. The summed E-state index contributed by atoms with van der Waals surface area (Å²) in [5, 5.41) is 0. The topological polar surface area (TPSA) is 29.3 Å². The van der Waals surface area contributed by atoms with E-state index in [4.69, 9.17) is 5.73 Å². The Hall–Kier alpha value is -2.32. The zero-order valence-electron chi connectivity index (χ0n) is 12.5. The summed E-state index contributed by atoms with van der Waals surface area (Å²) in [5.41, 5.74) is 12.9. The molecule has 3 rings (SSSR count). The molecule has 2 nitrogen and oxygen atoms in total. The first-order valence-electron chi connectivity index (χ1n) is 7.17. The molecule has 0 radical (unpaired) electrons. The van der Waals surface area contributed by atoms with Gasteiger partial charge in [-0.15, -0.1) is 0 Å². The van der Waals surface area contributed by atoms with Crippen LogP contribution in [0.2, 0.25) is 0 Å². The molecule has 1 heterocycles. The molecule has 21 heavy (non-hydrogen) atoms. The fourth-order valence-corrected chi connectivity index (χ4v) is 2.70. The van der Waals surface area contributed by atoms with Gasteiger partial charge in [-0.2, -0.15) is 0 Å². The van der Waals surface area contributed by atoms with E-state index in [1.54, 1.807) is 0 Å². The number of rotatable bonds is 2. The van der Waals surface area contributed by atoms with E-state index in [-0.39, 0.29) is 6.04 Å². The molecule has 0 spiro atoms. The summed E-state index contributed by atoms with van der Waals surface area (Å²) < 4.78 is 0. The lowest BCUT2D eigenvalue weighted by Gasteiger charge is -2.28. The van der Waals surface area contributed by atoms with Gasteiger partial charge in [-0.1, -0.05) is 55.1 Å². The molecule has 2 heteroatoms. The molecule has 2 aromatic rings. The van der Waals surface area contributed by atoms with Gasteiger partial charge < -0.3 is 10.6 Å². The van der Waals surface area contributed by atoms with Crippen LogP contribution in [0.25, 0.3) is 11.3 Å². The van der Waals surface area contributed by atoms with Crippen LogP contribution in [0.1, 0.15) is 35.2 Å². The van der Waals surface area contributed by atoms with Crippen LogP contribution in [0, 0.1) is 0 Å². The summed E-state index contributed by atoms with van der Waals surface area (Å²) in [6.07, 6.45) is 2.14. The second-order valence-corrected chi connectivity index (χ2v) is 5.56. The summed E-state index contributed by atoms with van der Waals surface area (Å²) in [4.78, 5) is 2.08. The summed E-state index contributed by atoms with van der Waals surface area (Å²) in [5.74, 6) is 0. The summed E-state index contributed by atoms with van der Waals surface area (Å²) >= 11 is 0.